The van der Waals surface area contributed by atoms with E-state index in [2.05, 4.69) is 10.6 Å². The van der Waals surface area contributed by atoms with Crippen LogP contribution in [0.1, 0.15) is 23.2 Å². The highest BCUT2D eigenvalue weighted by Gasteiger charge is 2.15. The Kier molecular flexibility index (Phi) is 5.95. The first-order valence-electron chi connectivity index (χ1n) is 5.95. The second kappa shape index (κ2) is 7.24. The van der Waals surface area contributed by atoms with Crippen LogP contribution in [0, 0.1) is 0 Å². The van der Waals surface area contributed by atoms with Crippen LogP contribution in [0.25, 0.3) is 0 Å². The summed E-state index contributed by atoms with van der Waals surface area (Å²) in [6.45, 7) is 1.75. The van der Waals surface area contributed by atoms with Crippen LogP contribution in [0.5, 0.6) is 5.75 Å². The monoisotopic (exact) mass is 270 g/mol. The highest BCUT2D eigenvalue weighted by molar-refractivity contribution is 5.94. The molecule has 1 aromatic rings. The van der Waals surface area contributed by atoms with Gasteiger partial charge in [0.15, 0.2) is 0 Å². The van der Waals surface area contributed by atoms with E-state index < -0.39 is 0 Å². The smallest absolute Gasteiger partial charge is 0.251 e. The Morgan fingerprint density at radius 1 is 1.56 bits per heavy atom. The molecule has 0 aliphatic carbocycles. The number of ether oxygens (including phenoxy) is 1. The third-order valence-electron chi connectivity index (χ3n) is 3.00. The maximum Gasteiger partial charge on any atom is 0.251 e. The first-order chi connectivity index (χ1) is 8.29. The summed E-state index contributed by atoms with van der Waals surface area (Å²) in [6.07, 6.45) is 2.33. The lowest BCUT2D eigenvalue weighted by molar-refractivity contribution is 0.0950. The molecule has 0 aromatic heterocycles. The second-order valence-corrected chi connectivity index (χ2v) is 4.24. The van der Waals surface area contributed by atoms with E-state index in [4.69, 9.17) is 4.74 Å². The zero-order valence-corrected chi connectivity index (χ0v) is 11.3. The normalized spacial score (nSPS) is 17.9. The lowest BCUT2D eigenvalue weighted by Crippen LogP contribution is -2.37. The maximum absolute atomic E-state index is 11.9. The average Bonchev–Trinajstić information content (AvgIpc) is 2.89. The standard InChI is InChI=1S/C13H18N2O2.ClH/c1-17-12-6-2-4-10(8-12)13(16)15-9-11-5-3-7-14-11;/h2,4,6,8,11,14H,3,5,7,9H2,1H3,(H,15,16);1H. The SMILES string of the molecule is COc1cccc(C(=O)NCC2CCCN2)c1.Cl. The van der Waals surface area contributed by atoms with Crippen molar-refractivity contribution in [3.05, 3.63) is 29.8 Å². The highest BCUT2D eigenvalue weighted by Crippen LogP contribution is 2.12. The summed E-state index contributed by atoms with van der Waals surface area (Å²) >= 11 is 0. The summed E-state index contributed by atoms with van der Waals surface area (Å²) in [7, 11) is 1.60. The molecule has 1 aliphatic rings. The number of hydrogen-bond donors (Lipinski definition) is 2. The topological polar surface area (TPSA) is 50.4 Å². The van der Waals surface area contributed by atoms with E-state index in [-0.39, 0.29) is 18.3 Å². The van der Waals surface area contributed by atoms with Crippen LogP contribution in [0.4, 0.5) is 0 Å². The van der Waals surface area contributed by atoms with Crippen LogP contribution in [-0.2, 0) is 0 Å². The summed E-state index contributed by atoms with van der Waals surface area (Å²) in [5, 5.41) is 6.28. The molecule has 1 fully saturated rings. The molecule has 1 unspecified atom stereocenters. The Labute approximate surface area is 114 Å². The minimum absolute atomic E-state index is 0. The van der Waals surface area contributed by atoms with Crippen molar-refractivity contribution in [3.8, 4) is 5.75 Å². The molecular formula is C13H19ClN2O2. The van der Waals surface area contributed by atoms with Gasteiger partial charge in [-0.05, 0) is 37.6 Å². The van der Waals surface area contributed by atoms with Crippen LogP contribution in [0.3, 0.4) is 0 Å². The molecule has 2 rings (SSSR count). The molecule has 0 saturated carbocycles. The number of rotatable bonds is 4. The molecule has 0 radical (unpaired) electrons. The van der Waals surface area contributed by atoms with Crippen molar-refractivity contribution >= 4 is 18.3 Å². The van der Waals surface area contributed by atoms with Gasteiger partial charge in [0.05, 0.1) is 7.11 Å². The van der Waals surface area contributed by atoms with E-state index in [0.29, 0.717) is 23.9 Å². The van der Waals surface area contributed by atoms with Gasteiger partial charge in [0.2, 0.25) is 0 Å². The molecule has 0 spiro atoms. The largest absolute Gasteiger partial charge is 0.497 e. The number of methoxy groups -OCH3 is 1. The molecular weight excluding hydrogens is 252 g/mol. The molecule has 2 N–H and O–H groups in total. The van der Waals surface area contributed by atoms with Crippen molar-refractivity contribution < 1.29 is 9.53 Å². The summed E-state index contributed by atoms with van der Waals surface area (Å²) in [4.78, 5) is 11.9. The molecule has 1 heterocycles. The van der Waals surface area contributed by atoms with E-state index >= 15 is 0 Å². The zero-order valence-electron chi connectivity index (χ0n) is 10.4. The summed E-state index contributed by atoms with van der Waals surface area (Å²) in [6, 6.07) is 7.61. The van der Waals surface area contributed by atoms with Gasteiger partial charge in [-0.1, -0.05) is 6.07 Å². The quantitative estimate of drug-likeness (QED) is 0.874. The van der Waals surface area contributed by atoms with Gasteiger partial charge in [-0.3, -0.25) is 4.79 Å². The number of nitrogens with one attached hydrogen (secondary N) is 2. The van der Waals surface area contributed by atoms with Crippen molar-refractivity contribution in [1.82, 2.24) is 10.6 Å². The Bertz CT molecular complexity index is 392. The van der Waals surface area contributed by atoms with Crippen molar-refractivity contribution in [1.29, 1.82) is 0 Å². The number of halogens is 1. The third-order valence-corrected chi connectivity index (χ3v) is 3.00. The lowest BCUT2D eigenvalue weighted by Gasteiger charge is -2.11. The van der Waals surface area contributed by atoms with E-state index in [1.54, 1.807) is 19.2 Å². The lowest BCUT2D eigenvalue weighted by atomic mass is 10.2. The number of amides is 1. The zero-order chi connectivity index (χ0) is 12.1. The number of carbonyl (C=O) groups is 1. The molecule has 1 atom stereocenters. The van der Waals surface area contributed by atoms with Crippen LogP contribution in [0.2, 0.25) is 0 Å². The fraction of sp³-hybridized carbons (Fsp3) is 0.462. The summed E-state index contributed by atoms with van der Waals surface area (Å²) in [5.74, 6) is 0.661. The van der Waals surface area contributed by atoms with Crippen molar-refractivity contribution in [2.24, 2.45) is 0 Å². The molecule has 4 nitrogen and oxygen atoms in total. The molecule has 1 saturated heterocycles. The summed E-state index contributed by atoms with van der Waals surface area (Å²) < 4.78 is 5.09. The third kappa shape index (κ3) is 3.89. The van der Waals surface area contributed by atoms with Crippen molar-refractivity contribution in [2.45, 2.75) is 18.9 Å². The molecule has 1 amide bonds. The van der Waals surface area contributed by atoms with E-state index in [0.717, 1.165) is 13.0 Å². The van der Waals surface area contributed by atoms with Crippen molar-refractivity contribution in [3.63, 3.8) is 0 Å². The van der Waals surface area contributed by atoms with Gasteiger partial charge in [-0.15, -0.1) is 12.4 Å². The molecule has 5 heteroatoms. The number of carbonyl (C=O) groups excluding carboxylic acids is 1. The maximum atomic E-state index is 11.9. The van der Waals surface area contributed by atoms with E-state index in [9.17, 15) is 4.79 Å². The van der Waals surface area contributed by atoms with Crippen LogP contribution < -0.4 is 15.4 Å². The molecule has 1 aliphatic heterocycles. The second-order valence-electron chi connectivity index (χ2n) is 4.24. The van der Waals surface area contributed by atoms with Crippen LogP contribution in [-0.4, -0.2) is 32.1 Å². The Morgan fingerprint density at radius 3 is 3.06 bits per heavy atom. The van der Waals surface area contributed by atoms with Gasteiger partial charge in [0, 0.05) is 18.2 Å². The fourth-order valence-electron chi connectivity index (χ4n) is 2.01. The molecule has 100 valence electrons. The minimum Gasteiger partial charge on any atom is -0.497 e. The number of benzene rings is 1. The van der Waals surface area contributed by atoms with Gasteiger partial charge in [-0.2, -0.15) is 0 Å². The van der Waals surface area contributed by atoms with Gasteiger partial charge in [0.25, 0.3) is 5.91 Å². The predicted octanol–water partition coefficient (Wildman–Crippen LogP) is 1.60. The Balaban J connectivity index is 0.00000162. The van der Waals surface area contributed by atoms with Crippen LogP contribution in [0.15, 0.2) is 24.3 Å². The molecule has 0 bridgehead atoms. The van der Waals surface area contributed by atoms with Gasteiger partial charge < -0.3 is 15.4 Å². The van der Waals surface area contributed by atoms with Gasteiger partial charge in [-0.25, -0.2) is 0 Å². The first-order valence-corrected chi connectivity index (χ1v) is 5.95. The average molecular weight is 271 g/mol. The Morgan fingerprint density at radius 2 is 2.39 bits per heavy atom. The number of hydrogen-bond acceptors (Lipinski definition) is 3. The van der Waals surface area contributed by atoms with E-state index in [1.807, 2.05) is 12.1 Å². The minimum atomic E-state index is -0.0439. The highest BCUT2D eigenvalue weighted by atomic mass is 35.5. The van der Waals surface area contributed by atoms with Crippen LogP contribution >= 0.6 is 12.4 Å². The molecule has 1 aromatic carbocycles. The van der Waals surface area contributed by atoms with E-state index in [1.165, 1.54) is 6.42 Å². The fourth-order valence-corrected chi connectivity index (χ4v) is 2.01. The Hall–Kier alpha value is -1.26. The first kappa shape index (κ1) is 14.8. The predicted molar refractivity (Wildman–Crippen MR) is 73.6 cm³/mol. The van der Waals surface area contributed by atoms with Crippen molar-refractivity contribution in [2.75, 3.05) is 20.2 Å². The van der Waals surface area contributed by atoms with Gasteiger partial charge >= 0.3 is 0 Å². The molecule has 18 heavy (non-hydrogen) atoms. The van der Waals surface area contributed by atoms with Gasteiger partial charge in [0.1, 0.15) is 5.75 Å². The summed E-state index contributed by atoms with van der Waals surface area (Å²) in [5.41, 5.74) is 0.641.